The van der Waals surface area contributed by atoms with E-state index < -0.39 is 11.7 Å². The number of aryl methyl sites for hydroxylation is 1. The first-order chi connectivity index (χ1) is 14.1. The molecule has 0 aliphatic heterocycles. The molecule has 0 aliphatic carbocycles. The maximum absolute atomic E-state index is 13.0. The van der Waals surface area contributed by atoms with Crippen LogP contribution < -0.4 is 4.74 Å². The first-order valence-electron chi connectivity index (χ1n) is 9.84. The lowest BCUT2D eigenvalue weighted by atomic mass is 9.79. The summed E-state index contributed by atoms with van der Waals surface area (Å²) in [5.74, 6) is 1.54. The summed E-state index contributed by atoms with van der Waals surface area (Å²) in [5, 5.41) is 0. The molecule has 0 radical (unpaired) electrons. The molecule has 5 heteroatoms. The Morgan fingerprint density at radius 3 is 2.17 bits per heavy atom. The van der Waals surface area contributed by atoms with Crippen LogP contribution in [0.15, 0.2) is 77.3 Å². The summed E-state index contributed by atoms with van der Waals surface area (Å²) >= 11 is 3.41. The van der Waals surface area contributed by atoms with Gasteiger partial charge in [-0.15, -0.1) is 0 Å². The van der Waals surface area contributed by atoms with Gasteiger partial charge in [0.15, 0.2) is 0 Å². The van der Waals surface area contributed by atoms with Crippen molar-refractivity contribution in [1.29, 1.82) is 0 Å². The van der Waals surface area contributed by atoms with E-state index in [-0.39, 0.29) is 5.41 Å². The molecule has 3 rings (SSSR count). The highest BCUT2D eigenvalue weighted by atomic mass is 79.9. The summed E-state index contributed by atoms with van der Waals surface area (Å²) in [5.41, 5.74) is 0.923. The predicted molar refractivity (Wildman–Crippen MR) is 118 cm³/mol. The quantitative estimate of drug-likeness (QED) is 0.331. The Kier molecular flexibility index (Phi) is 6.91. The van der Waals surface area contributed by atoms with Crippen molar-refractivity contribution in [3.63, 3.8) is 0 Å². The Morgan fingerprint density at radius 2 is 1.47 bits per heavy atom. The molecule has 30 heavy (non-hydrogen) atoms. The zero-order chi connectivity index (χ0) is 21.8. The molecule has 3 aromatic carbocycles. The highest BCUT2D eigenvalue weighted by molar-refractivity contribution is 9.10. The second kappa shape index (κ2) is 9.25. The van der Waals surface area contributed by atoms with Gasteiger partial charge in [-0.05, 0) is 78.3 Å². The van der Waals surface area contributed by atoms with Crippen LogP contribution in [0.5, 0.6) is 11.5 Å². The summed E-state index contributed by atoms with van der Waals surface area (Å²) in [7, 11) is 0. The lowest BCUT2D eigenvalue weighted by Crippen LogP contribution is -2.18. The van der Waals surface area contributed by atoms with Crippen LogP contribution in [-0.4, -0.2) is 0 Å². The predicted octanol–water partition coefficient (Wildman–Crippen LogP) is 8.56. The molecule has 0 aliphatic rings. The number of alkyl halides is 3. The zero-order valence-corrected chi connectivity index (χ0v) is 18.6. The first-order valence-corrected chi connectivity index (χ1v) is 10.6. The summed E-state index contributed by atoms with van der Waals surface area (Å²) < 4.78 is 46.0. The number of ether oxygens (including phenoxy) is 1. The minimum atomic E-state index is -4.32. The Labute approximate surface area is 184 Å². The molecule has 0 fully saturated rings. The van der Waals surface area contributed by atoms with Gasteiger partial charge in [-0.1, -0.05) is 60.1 Å². The van der Waals surface area contributed by atoms with Gasteiger partial charge in [0.2, 0.25) is 0 Å². The molecule has 0 atom stereocenters. The van der Waals surface area contributed by atoms with Crippen molar-refractivity contribution in [2.45, 2.75) is 44.7 Å². The van der Waals surface area contributed by atoms with Crippen molar-refractivity contribution in [1.82, 2.24) is 0 Å². The van der Waals surface area contributed by atoms with Crippen LogP contribution in [0.4, 0.5) is 13.2 Å². The molecule has 0 spiro atoms. The summed E-state index contributed by atoms with van der Waals surface area (Å²) in [6.07, 6.45) is -1.83. The molecule has 158 valence electrons. The van der Waals surface area contributed by atoms with Crippen molar-refractivity contribution < 1.29 is 17.9 Å². The van der Waals surface area contributed by atoms with E-state index >= 15 is 0 Å². The molecule has 0 unspecified atom stereocenters. The summed E-state index contributed by atoms with van der Waals surface area (Å²) in [4.78, 5) is 0. The van der Waals surface area contributed by atoms with Crippen LogP contribution in [0.1, 0.15) is 43.4 Å². The number of hydrogen-bond donors (Lipinski definition) is 0. The van der Waals surface area contributed by atoms with Crippen LogP contribution in [0, 0.1) is 0 Å². The van der Waals surface area contributed by atoms with E-state index in [1.807, 2.05) is 62.4 Å². The maximum Gasteiger partial charge on any atom is 0.416 e. The molecule has 0 aromatic heterocycles. The Balaban J connectivity index is 1.61. The van der Waals surface area contributed by atoms with Crippen LogP contribution in [0.2, 0.25) is 0 Å². The fourth-order valence-corrected chi connectivity index (χ4v) is 3.66. The van der Waals surface area contributed by atoms with Gasteiger partial charge >= 0.3 is 6.18 Å². The molecular formula is C25H24BrF3O. The standard InChI is InChI=1S/C25H24BrF3O/c1-24(2,19-8-4-9-20(17-19)25(27,28)29)15-5-7-18-6-3-10-23(16-18)30-22-13-11-21(26)12-14-22/h3-4,6,8-14,16-17H,5,7,15H2,1-2H3. The third kappa shape index (κ3) is 6.11. The lowest BCUT2D eigenvalue weighted by molar-refractivity contribution is -0.137. The average molecular weight is 477 g/mol. The van der Waals surface area contributed by atoms with Crippen molar-refractivity contribution in [3.8, 4) is 11.5 Å². The largest absolute Gasteiger partial charge is 0.457 e. The van der Waals surface area contributed by atoms with E-state index in [0.29, 0.717) is 5.56 Å². The van der Waals surface area contributed by atoms with E-state index in [1.54, 1.807) is 6.07 Å². The van der Waals surface area contributed by atoms with Gasteiger partial charge in [-0.2, -0.15) is 13.2 Å². The fraction of sp³-hybridized carbons (Fsp3) is 0.280. The molecular weight excluding hydrogens is 453 g/mol. The van der Waals surface area contributed by atoms with Gasteiger partial charge < -0.3 is 4.74 Å². The molecule has 1 nitrogen and oxygen atoms in total. The van der Waals surface area contributed by atoms with E-state index in [1.165, 1.54) is 12.1 Å². The third-order valence-electron chi connectivity index (χ3n) is 5.19. The maximum atomic E-state index is 13.0. The van der Waals surface area contributed by atoms with Crippen molar-refractivity contribution in [2.24, 2.45) is 0 Å². The van der Waals surface area contributed by atoms with E-state index in [4.69, 9.17) is 4.74 Å². The lowest BCUT2D eigenvalue weighted by Gasteiger charge is -2.26. The Hall–Kier alpha value is -2.27. The van der Waals surface area contributed by atoms with Gasteiger partial charge in [-0.3, -0.25) is 0 Å². The minimum Gasteiger partial charge on any atom is -0.457 e. The second-order valence-corrected chi connectivity index (χ2v) is 8.94. The van der Waals surface area contributed by atoms with Crippen molar-refractivity contribution >= 4 is 15.9 Å². The third-order valence-corrected chi connectivity index (χ3v) is 5.72. The van der Waals surface area contributed by atoms with Crippen LogP contribution in [-0.2, 0) is 18.0 Å². The second-order valence-electron chi connectivity index (χ2n) is 8.02. The van der Waals surface area contributed by atoms with Gasteiger partial charge in [0.05, 0.1) is 5.56 Å². The highest BCUT2D eigenvalue weighted by Crippen LogP contribution is 2.35. The highest BCUT2D eigenvalue weighted by Gasteiger charge is 2.32. The topological polar surface area (TPSA) is 9.23 Å². The van der Waals surface area contributed by atoms with E-state index in [9.17, 15) is 13.2 Å². The SMILES string of the molecule is CC(C)(CCCc1cccc(Oc2ccc(Br)cc2)c1)c1cccc(C(F)(F)F)c1. The minimum absolute atomic E-state index is 0.340. The molecule has 0 bridgehead atoms. The molecule has 0 N–H and O–H groups in total. The van der Waals surface area contributed by atoms with Crippen LogP contribution in [0.25, 0.3) is 0 Å². The van der Waals surface area contributed by atoms with E-state index in [0.717, 1.165) is 46.9 Å². The van der Waals surface area contributed by atoms with Gasteiger partial charge in [0.1, 0.15) is 11.5 Å². The van der Waals surface area contributed by atoms with Gasteiger partial charge in [-0.25, -0.2) is 0 Å². The monoisotopic (exact) mass is 476 g/mol. The molecule has 0 saturated carbocycles. The van der Waals surface area contributed by atoms with Crippen molar-refractivity contribution in [2.75, 3.05) is 0 Å². The van der Waals surface area contributed by atoms with Gasteiger partial charge in [0, 0.05) is 4.47 Å². The number of halogens is 4. The normalized spacial score (nSPS) is 12.1. The number of benzene rings is 3. The van der Waals surface area contributed by atoms with Gasteiger partial charge in [0.25, 0.3) is 0 Å². The zero-order valence-electron chi connectivity index (χ0n) is 17.0. The fourth-order valence-electron chi connectivity index (χ4n) is 3.40. The molecule has 3 aromatic rings. The summed E-state index contributed by atoms with van der Waals surface area (Å²) in [6, 6.07) is 21.2. The van der Waals surface area contributed by atoms with Crippen LogP contribution in [0.3, 0.4) is 0 Å². The average Bonchev–Trinajstić information content (AvgIpc) is 2.69. The number of hydrogen-bond acceptors (Lipinski definition) is 1. The first kappa shape index (κ1) is 22.4. The Morgan fingerprint density at radius 1 is 0.800 bits per heavy atom. The van der Waals surface area contributed by atoms with Crippen LogP contribution >= 0.6 is 15.9 Å². The molecule has 0 amide bonds. The summed E-state index contributed by atoms with van der Waals surface area (Å²) in [6.45, 7) is 3.99. The van der Waals surface area contributed by atoms with Crippen molar-refractivity contribution in [3.05, 3.63) is 94.0 Å². The smallest absolute Gasteiger partial charge is 0.416 e. The molecule has 0 saturated heterocycles. The molecule has 0 heterocycles. The Bertz CT molecular complexity index is 978. The van der Waals surface area contributed by atoms with E-state index in [2.05, 4.69) is 15.9 Å². The number of rotatable bonds is 7.